The van der Waals surface area contributed by atoms with Crippen LogP contribution < -0.4 is 10.4 Å². The Morgan fingerprint density at radius 3 is 2.52 bits per heavy atom. The second-order valence-corrected chi connectivity index (χ2v) is 5.52. The Balaban J connectivity index is 1.81. The third kappa shape index (κ3) is 3.43. The summed E-state index contributed by atoms with van der Waals surface area (Å²) in [6, 6.07) is 14.8. The van der Waals surface area contributed by atoms with Crippen LogP contribution in [0.25, 0.3) is 11.0 Å². The fraction of sp³-hybridized carbons (Fsp3) is 0.111. The van der Waals surface area contributed by atoms with Crippen molar-refractivity contribution in [1.82, 2.24) is 0 Å². The molecule has 1 atom stereocenters. The molecule has 0 aliphatic carbocycles. The molecule has 0 bridgehead atoms. The summed E-state index contributed by atoms with van der Waals surface area (Å²) in [5, 5.41) is 1.35. The lowest BCUT2D eigenvalue weighted by Crippen LogP contribution is -2.23. The number of hydrogen-bond donors (Lipinski definition) is 0. The maximum Gasteiger partial charge on any atom is 0.336 e. The van der Waals surface area contributed by atoms with Crippen molar-refractivity contribution in [3.63, 3.8) is 0 Å². The van der Waals surface area contributed by atoms with E-state index < -0.39 is 11.7 Å². The number of fused-ring (bicyclic) bond motifs is 1. The largest absolute Gasteiger partial charge is 0.482 e. The lowest BCUT2D eigenvalue weighted by molar-refractivity contribution is 0.0818. The molecule has 0 radical (unpaired) electrons. The van der Waals surface area contributed by atoms with Crippen LogP contribution >= 0.6 is 11.6 Å². The molecule has 3 rings (SSSR count). The van der Waals surface area contributed by atoms with E-state index >= 15 is 0 Å². The number of benzene rings is 2. The Bertz CT molecular complexity index is 912. The third-order valence-corrected chi connectivity index (χ3v) is 3.66. The molecule has 0 aliphatic rings. The van der Waals surface area contributed by atoms with E-state index in [0.29, 0.717) is 21.9 Å². The van der Waals surface area contributed by atoms with Gasteiger partial charge in [-0.15, -0.1) is 0 Å². The molecule has 0 N–H and O–H groups in total. The zero-order valence-electron chi connectivity index (χ0n) is 12.3. The van der Waals surface area contributed by atoms with Gasteiger partial charge in [0.05, 0.1) is 0 Å². The number of ketones is 1. The van der Waals surface area contributed by atoms with Crippen molar-refractivity contribution in [1.29, 1.82) is 0 Å². The number of ether oxygens (including phenoxy) is 1. The van der Waals surface area contributed by atoms with Crippen LogP contribution in [0, 0.1) is 0 Å². The quantitative estimate of drug-likeness (QED) is 0.534. The van der Waals surface area contributed by atoms with Crippen LogP contribution in [0.3, 0.4) is 0 Å². The van der Waals surface area contributed by atoms with E-state index in [0.717, 1.165) is 5.39 Å². The van der Waals surface area contributed by atoms with Crippen LogP contribution in [0.4, 0.5) is 0 Å². The smallest absolute Gasteiger partial charge is 0.336 e. The van der Waals surface area contributed by atoms with Crippen molar-refractivity contribution >= 4 is 28.4 Å². The number of carbonyl (C=O) groups is 1. The molecule has 5 heteroatoms. The molecule has 2 aromatic carbocycles. The van der Waals surface area contributed by atoms with Crippen LogP contribution in [0.2, 0.25) is 5.02 Å². The van der Waals surface area contributed by atoms with Crippen molar-refractivity contribution in [3.8, 4) is 5.75 Å². The highest BCUT2D eigenvalue weighted by Gasteiger charge is 2.17. The first-order valence-electron chi connectivity index (χ1n) is 7.03. The van der Waals surface area contributed by atoms with Crippen LogP contribution in [-0.4, -0.2) is 11.9 Å². The van der Waals surface area contributed by atoms with Crippen molar-refractivity contribution in [2.24, 2.45) is 0 Å². The van der Waals surface area contributed by atoms with Gasteiger partial charge in [-0.05, 0) is 49.4 Å². The van der Waals surface area contributed by atoms with Gasteiger partial charge in [-0.3, -0.25) is 4.79 Å². The average molecular weight is 329 g/mol. The maximum absolute atomic E-state index is 12.3. The number of hydrogen-bond acceptors (Lipinski definition) is 4. The van der Waals surface area contributed by atoms with Gasteiger partial charge in [-0.1, -0.05) is 11.6 Å². The normalized spacial score (nSPS) is 12.1. The highest BCUT2D eigenvalue weighted by Crippen LogP contribution is 2.21. The molecule has 23 heavy (non-hydrogen) atoms. The third-order valence-electron chi connectivity index (χ3n) is 3.41. The summed E-state index contributed by atoms with van der Waals surface area (Å²) in [4.78, 5) is 23.6. The van der Waals surface area contributed by atoms with E-state index in [-0.39, 0.29) is 5.78 Å². The average Bonchev–Trinajstić information content (AvgIpc) is 2.54. The molecular formula is C18H13ClO4. The molecule has 0 saturated carbocycles. The van der Waals surface area contributed by atoms with Gasteiger partial charge in [0.25, 0.3) is 0 Å². The minimum Gasteiger partial charge on any atom is -0.482 e. The highest BCUT2D eigenvalue weighted by atomic mass is 35.5. The molecule has 1 heterocycles. The predicted molar refractivity (Wildman–Crippen MR) is 88.4 cm³/mol. The Hall–Kier alpha value is -2.59. The van der Waals surface area contributed by atoms with Crippen LogP contribution in [0.5, 0.6) is 5.75 Å². The molecular weight excluding hydrogens is 316 g/mol. The lowest BCUT2D eigenvalue weighted by atomic mass is 10.1. The molecule has 1 unspecified atom stereocenters. The molecule has 0 saturated heterocycles. The van der Waals surface area contributed by atoms with E-state index in [2.05, 4.69) is 0 Å². The zero-order chi connectivity index (χ0) is 16.4. The van der Waals surface area contributed by atoms with Gasteiger partial charge in [0, 0.05) is 28.1 Å². The standard InChI is InChI=1S/C18H13ClO4/c1-11(18(21)13-2-6-14(19)7-3-13)22-15-8-4-12-5-9-17(20)23-16(12)10-15/h2-11H,1H3. The van der Waals surface area contributed by atoms with Crippen LogP contribution in [0.1, 0.15) is 17.3 Å². The summed E-state index contributed by atoms with van der Waals surface area (Å²) in [5.41, 5.74) is 0.510. The van der Waals surface area contributed by atoms with Crippen molar-refractivity contribution < 1.29 is 13.9 Å². The van der Waals surface area contributed by atoms with Crippen molar-refractivity contribution in [2.75, 3.05) is 0 Å². The Labute approximate surface area is 137 Å². The minimum atomic E-state index is -0.677. The molecule has 3 aromatic rings. The number of halogens is 1. The van der Waals surface area contributed by atoms with E-state index in [9.17, 15) is 9.59 Å². The van der Waals surface area contributed by atoms with Crippen molar-refractivity contribution in [3.05, 3.63) is 75.6 Å². The molecule has 0 amide bonds. The second-order valence-electron chi connectivity index (χ2n) is 5.09. The molecule has 4 nitrogen and oxygen atoms in total. The summed E-state index contributed by atoms with van der Waals surface area (Å²) >= 11 is 5.82. The topological polar surface area (TPSA) is 56.5 Å². The minimum absolute atomic E-state index is 0.156. The number of rotatable bonds is 4. The van der Waals surface area contributed by atoms with Crippen molar-refractivity contribution in [2.45, 2.75) is 13.0 Å². The SMILES string of the molecule is CC(Oc1ccc2ccc(=O)oc2c1)C(=O)c1ccc(Cl)cc1. The summed E-state index contributed by atoms with van der Waals surface area (Å²) in [6.45, 7) is 1.67. The maximum atomic E-state index is 12.3. The summed E-state index contributed by atoms with van der Waals surface area (Å²) < 4.78 is 10.8. The fourth-order valence-electron chi connectivity index (χ4n) is 2.22. The van der Waals surface area contributed by atoms with Gasteiger partial charge in [0.2, 0.25) is 5.78 Å². The molecule has 0 fully saturated rings. The van der Waals surface area contributed by atoms with E-state index in [1.54, 1.807) is 55.5 Å². The van der Waals surface area contributed by atoms with Crippen LogP contribution in [-0.2, 0) is 0 Å². The lowest BCUT2D eigenvalue weighted by Gasteiger charge is -2.14. The van der Waals surface area contributed by atoms with Gasteiger partial charge < -0.3 is 9.15 Å². The van der Waals surface area contributed by atoms with Crippen LogP contribution in [0.15, 0.2) is 63.8 Å². The van der Waals surface area contributed by atoms with Gasteiger partial charge >= 0.3 is 5.63 Å². The first-order chi connectivity index (χ1) is 11.0. The Kier molecular flexibility index (Phi) is 4.17. The van der Waals surface area contributed by atoms with E-state index in [1.807, 2.05) is 0 Å². The summed E-state index contributed by atoms with van der Waals surface area (Å²) in [5.74, 6) is 0.304. The molecule has 0 spiro atoms. The van der Waals surface area contributed by atoms with Gasteiger partial charge in [0.1, 0.15) is 11.3 Å². The van der Waals surface area contributed by atoms with E-state index in [1.165, 1.54) is 6.07 Å². The zero-order valence-corrected chi connectivity index (χ0v) is 13.0. The molecule has 0 aliphatic heterocycles. The fourth-order valence-corrected chi connectivity index (χ4v) is 2.35. The number of Topliss-reactive ketones (excluding diaryl/α,β-unsaturated/α-hetero) is 1. The van der Waals surface area contributed by atoms with E-state index in [4.69, 9.17) is 20.8 Å². The van der Waals surface area contributed by atoms with Gasteiger partial charge in [0.15, 0.2) is 6.10 Å². The Morgan fingerprint density at radius 2 is 1.78 bits per heavy atom. The monoisotopic (exact) mass is 328 g/mol. The van der Waals surface area contributed by atoms with Gasteiger partial charge in [-0.2, -0.15) is 0 Å². The Morgan fingerprint density at radius 1 is 1.09 bits per heavy atom. The second kappa shape index (κ2) is 6.26. The van der Waals surface area contributed by atoms with Gasteiger partial charge in [-0.25, -0.2) is 4.79 Å². The summed E-state index contributed by atoms with van der Waals surface area (Å²) in [6.07, 6.45) is -0.677. The first kappa shape index (κ1) is 15.3. The first-order valence-corrected chi connectivity index (χ1v) is 7.41. The molecule has 116 valence electrons. The summed E-state index contributed by atoms with van der Waals surface area (Å²) in [7, 11) is 0. The highest BCUT2D eigenvalue weighted by molar-refractivity contribution is 6.30. The predicted octanol–water partition coefficient (Wildman–Crippen LogP) is 4.10. The number of carbonyl (C=O) groups excluding carboxylic acids is 1. The molecule has 1 aromatic heterocycles.